The van der Waals surface area contributed by atoms with Gasteiger partial charge in [-0.25, -0.2) is 0 Å². The van der Waals surface area contributed by atoms with Gasteiger partial charge in [-0.3, -0.25) is 14.3 Å². The van der Waals surface area contributed by atoms with Crippen LogP contribution < -0.4 is 11.1 Å². The largest absolute Gasteiger partial charge is 0.396 e. The quantitative estimate of drug-likeness (QED) is 0.770. The molecule has 0 saturated carbocycles. The Kier molecular flexibility index (Phi) is 4.79. The first-order chi connectivity index (χ1) is 10.1. The molecule has 21 heavy (non-hydrogen) atoms. The summed E-state index contributed by atoms with van der Waals surface area (Å²) in [5.41, 5.74) is 6.39. The summed E-state index contributed by atoms with van der Waals surface area (Å²) in [7, 11) is 1.65. The number of anilines is 1. The predicted molar refractivity (Wildman–Crippen MR) is 76.6 cm³/mol. The van der Waals surface area contributed by atoms with Crippen LogP contribution in [0.15, 0.2) is 6.20 Å². The Morgan fingerprint density at radius 1 is 1.57 bits per heavy atom. The van der Waals surface area contributed by atoms with Crippen molar-refractivity contribution < 1.29 is 14.3 Å². The molecule has 0 aliphatic carbocycles. The van der Waals surface area contributed by atoms with Crippen molar-refractivity contribution in [2.45, 2.75) is 19.4 Å². The van der Waals surface area contributed by atoms with Crippen LogP contribution in [0, 0.1) is 0 Å². The van der Waals surface area contributed by atoms with Gasteiger partial charge < -0.3 is 20.7 Å². The van der Waals surface area contributed by atoms with Crippen LogP contribution in [0.1, 0.15) is 23.8 Å². The summed E-state index contributed by atoms with van der Waals surface area (Å²) in [6.45, 7) is 3.50. The molecule has 0 bridgehead atoms. The Balaban J connectivity index is 2.18. The standard InChI is InChI=1S/C13H21N5O3/c1-3-4-15-12(19)10-8-21-6-5-18(10)13(20)11-9(14)7-16-17(11)2/h7,10H,3-6,8,14H2,1-2H3,(H,15,19). The minimum atomic E-state index is -0.632. The van der Waals surface area contributed by atoms with Gasteiger partial charge in [-0.15, -0.1) is 0 Å². The molecule has 2 amide bonds. The number of nitrogens with zero attached hydrogens (tertiary/aromatic N) is 3. The van der Waals surface area contributed by atoms with Gasteiger partial charge in [0.15, 0.2) is 0 Å². The molecule has 116 valence electrons. The van der Waals surface area contributed by atoms with Crippen LogP contribution in [0.3, 0.4) is 0 Å². The number of ether oxygens (including phenoxy) is 1. The molecule has 0 radical (unpaired) electrons. The topological polar surface area (TPSA) is 102 Å². The summed E-state index contributed by atoms with van der Waals surface area (Å²) in [5, 5.41) is 6.76. The van der Waals surface area contributed by atoms with E-state index >= 15 is 0 Å². The lowest BCUT2D eigenvalue weighted by atomic mass is 10.2. The monoisotopic (exact) mass is 295 g/mol. The molecule has 8 heteroatoms. The first-order valence-corrected chi connectivity index (χ1v) is 7.00. The highest BCUT2D eigenvalue weighted by molar-refractivity contribution is 6.00. The second-order valence-electron chi connectivity index (χ2n) is 4.95. The van der Waals surface area contributed by atoms with Crippen molar-refractivity contribution in [3.63, 3.8) is 0 Å². The average Bonchev–Trinajstić information content (AvgIpc) is 2.83. The van der Waals surface area contributed by atoms with Crippen LogP contribution in [0.4, 0.5) is 5.69 Å². The fourth-order valence-electron chi connectivity index (χ4n) is 2.28. The maximum Gasteiger partial charge on any atom is 0.275 e. The highest BCUT2D eigenvalue weighted by Crippen LogP contribution is 2.17. The normalized spacial score (nSPS) is 18.6. The van der Waals surface area contributed by atoms with Crippen LogP contribution in [0.2, 0.25) is 0 Å². The zero-order chi connectivity index (χ0) is 15.4. The molecule has 0 spiro atoms. The van der Waals surface area contributed by atoms with E-state index in [0.29, 0.717) is 31.1 Å². The molecule has 2 rings (SSSR count). The number of nitrogens with one attached hydrogen (secondary N) is 1. The minimum Gasteiger partial charge on any atom is -0.396 e. The lowest BCUT2D eigenvalue weighted by Crippen LogP contribution is -2.56. The molecule has 1 aliphatic heterocycles. The molecule has 8 nitrogen and oxygen atoms in total. The van der Waals surface area contributed by atoms with Crippen LogP contribution >= 0.6 is 0 Å². The number of nitrogen functional groups attached to an aromatic ring is 1. The van der Waals surface area contributed by atoms with Gasteiger partial charge in [0, 0.05) is 20.1 Å². The van der Waals surface area contributed by atoms with Gasteiger partial charge in [0.1, 0.15) is 11.7 Å². The SMILES string of the molecule is CCCNC(=O)C1COCCN1C(=O)c1c(N)cnn1C. The van der Waals surface area contributed by atoms with Gasteiger partial charge in [-0.05, 0) is 6.42 Å². The first-order valence-electron chi connectivity index (χ1n) is 7.00. The third kappa shape index (κ3) is 3.15. The van der Waals surface area contributed by atoms with Gasteiger partial charge in [0.2, 0.25) is 5.91 Å². The van der Waals surface area contributed by atoms with E-state index in [0.717, 1.165) is 6.42 Å². The zero-order valence-corrected chi connectivity index (χ0v) is 12.3. The fourth-order valence-corrected chi connectivity index (χ4v) is 2.28. The summed E-state index contributed by atoms with van der Waals surface area (Å²) in [5.74, 6) is -0.502. The Bertz CT molecular complexity index is 508. The van der Waals surface area contributed by atoms with Gasteiger partial charge in [0.25, 0.3) is 5.91 Å². The third-order valence-electron chi connectivity index (χ3n) is 3.41. The molecule has 2 heterocycles. The van der Waals surface area contributed by atoms with Gasteiger partial charge >= 0.3 is 0 Å². The van der Waals surface area contributed by atoms with Crippen LogP contribution in [0.25, 0.3) is 0 Å². The zero-order valence-electron chi connectivity index (χ0n) is 12.3. The van der Waals surface area contributed by atoms with E-state index < -0.39 is 6.04 Å². The Hall–Kier alpha value is -2.09. The lowest BCUT2D eigenvalue weighted by Gasteiger charge is -2.34. The van der Waals surface area contributed by atoms with Crippen molar-refractivity contribution in [2.24, 2.45) is 7.05 Å². The number of hydrogen-bond donors (Lipinski definition) is 2. The molecule has 1 atom stereocenters. The molecular formula is C13H21N5O3. The Labute approximate surface area is 123 Å². The highest BCUT2D eigenvalue weighted by atomic mass is 16.5. The molecule has 1 aromatic rings. The van der Waals surface area contributed by atoms with E-state index in [4.69, 9.17) is 10.5 Å². The molecule has 1 saturated heterocycles. The molecule has 3 N–H and O–H groups in total. The molecule has 0 aromatic carbocycles. The first kappa shape index (κ1) is 15.3. The number of morpholine rings is 1. The van der Waals surface area contributed by atoms with E-state index in [2.05, 4.69) is 10.4 Å². The summed E-state index contributed by atoms with van der Waals surface area (Å²) < 4.78 is 6.76. The average molecular weight is 295 g/mol. The maximum atomic E-state index is 12.6. The number of carbonyl (C=O) groups is 2. The molecule has 1 aromatic heterocycles. The summed E-state index contributed by atoms with van der Waals surface area (Å²) in [6.07, 6.45) is 2.27. The van der Waals surface area contributed by atoms with Crippen molar-refractivity contribution >= 4 is 17.5 Å². The smallest absolute Gasteiger partial charge is 0.275 e. The van der Waals surface area contributed by atoms with E-state index in [1.54, 1.807) is 7.05 Å². The van der Waals surface area contributed by atoms with Crippen LogP contribution in [-0.2, 0) is 16.6 Å². The number of aromatic nitrogens is 2. The van der Waals surface area contributed by atoms with E-state index in [1.807, 2.05) is 6.92 Å². The van der Waals surface area contributed by atoms with E-state index in [9.17, 15) is 9.59 Å². The molecular weight excluding hydrogens is 274 g/mol. The lowest BCUT2D eigenvalue weighted by molar-refractivity contribution is -0.130. The predicted octanol–water partition coefficient (Wildman–Crippen LogP) is -0.630. The summed E-state index contributed by atoms with van der Waals surface area (Å²) in [4.78, 5) is 26.3. The number of carbonyl (C=O) groups excluding carboxylic acids is 2. The number of nitrogens with two attached hydrogens (primary N) is 1. The van der Waals surface area contributed by atoms with Gasteiger partial charge in [-0.2, -0.15) is 5.10 Å². The fraction of sp³-hybridized carbons (Fsp3) is 0.615. The van der Waals surface area contributed by atoms with Gasteiger partial charge in [-0.1, -0.05) is 6.92 Å². The van der Waals surface area contributed by atoms with Crippen LogP contribution in [-0.4, -0.2) is 58.8 Å². The molecule has 1 fully saturated rings. The number of aryl methyl sites for hydroxylation is 1. The number of amides is 2. The number of hydrogen-bond acceptors (Lipinski definition) is 5. The van der Waals surface area contributed by atoms with Crippen molar-refractivity contribution in [2.75, 3.05) is 32.0 Å². The third-order valence-corrected chi connectivity index (χ3v) is 3.41. The van der Waals surface area contributed by atoms with Crippen molar-refractivity contribution in [3.8, 4) is 0 Å². The second-order valence-corrected chi connectivity index (χ2v) is 4.95. The number of rotatable bonds is 4. The maximum absolute atomic E-state index is 12.6. The van der Waals surface area contributed by atoms with Crippen molar-refractivity contribution in [3.05, 3.63) is 11.9 Å². The van der Waals surface area contributed by atoms with Crippen LogP contribution in [0.5, 0.6) is 0 Å². The van der Waals surface area contributed by atoms with Crippen molar-refractivity contribution in [1.82, 2.24) is 20.0 Å². The molecule has 1 aliphatic rings. The molecule has 1 unspecified atom stereocenters. The van der Waals surface area contributed by atoms with E-state index in [-0.39, 0.29) is 18.4 Å². The van der Waals surface area contributed by atoms with Gasteiger partial charge in [0.05, 0.1) is 25.1 Å². The van der Waals surface area contributed by atoms with E-state index in [1.165, 1.54) is 15.8 Å². The highest BCUT2D eigenvalue weighted by Gasteiger charge is 2.35. The Morgan fingerprint density at radius 3 is 2.95 bits per heavy atom. The summed E-state index contributed by atoms with van der Waals surface area (Å²) >= 11 is 0. The van der Waals surface area contributed by atoms with Crippen molar-refractivity contribution in [1.29, 1.82) is 0 Å². The Morgan fingerprint density at radius 2 is 2.33 bits per heavy atom. The minimum absolute atomic E-state index is 0.193. The summed E-state index contributed by atoms with van der Waals surface area (Å²) in [6, 6.07) is -0.632. The second kappa shape index (κ2) is 6.57.